The van der Waals surface area contributed by atoms with Crippen molar-refractivity contribution in [1.29, 1.82) is 0 Å². The maximum absolute atomic E-state index is 10.5. The highest BCUT2D eigenvalue weighted by molar-refractivity contribution is 5.70. The predicted molar refractivity (Wildman–Crippen MR) is 68.5 cm³/mol. The first-order valence-electron chi connectivity index (χ1n) is 6.12. The molecule has 0 unspecified atom stereocenters. The molecule has 0 amide bonds. The zero-order valence-electron chi connectivity index (χ0n) is 10.8. The zero-order chi connectivity index (χ0) is 12.4. The fourth-order valence-corrected chi connectivity index (χ4v) is 1.64. The van der Waals surface area contributed by atoms with Crippen LogP contribution >= 0.6 is 0 Å². The monoisotopic (exact) mass is 224 g/mol. The molecule has 0 spiro atoms. The Morgan fingerprint density at radius 2 is 1.88 bits per heavy atom. The van der Waals surface area contributed by atoms with E-state index in [0.717, 1.165) is 12.0 Å². The zero-order valence-corrected chi connectivity index (χ0v) is 10.8. The van der Waals surface area contributed by atoms with E-state index in [2.05, 4.69) is 13.0 Å². The molecule has 2 nitrogen and oxygen atoms in total. The third-order valence-corrected chi connectivity index (χ3v) is 2.43. The van der Waals surface area contributed by atoms with E-state index in [-0.39, 0.29) is 6.42 Å². The van der Waals surface area contributed by atoms with Crippen molar-refractivity contribution in [2.45, 2.75) is 59.3 Å². The molecule has 0 aliphatic rings. The molecule has 0 rings (SSSR count). The van der Waals surface area contributed by atoms with Gasteiger partial charge >= 0.3 is 5.97 Å². The Morgan fingerprint density at radius 1 is 1.19 bits per heavy atom. The molecule has 2 heteroatoms. The topological polar surface area (TPSA) is 37.3 Å². The van der Waals surface area contributed by atoms with Gasteiger partial charge in [0.1, 0.15) is 0 Å². The quantitative estimate of drug-likeness (QED) is 0.492. The lowest BCUT2D eigenvalue weighted by atomic mass is 10.1. The molecule has 0 aliphatic heterocycles. The minimum atomic E-state index is -0.760. The molecule has 0 saturated heterocycles. The summed E-state index contributed by atoms with van der Waals surface area (Å²) in [4.78, 5) is 10.5. The Morgan fingerprint density at radius 3 is 2.44 bits per heavy atom. The average molecular weight is 224 g/mol. The average Bonchev–Trinajstić information content (AvgIpc) is 2.15. The molecular formula is C14H24O2. The number of aliphatic carboxylic acids is 1. The standard InChI is InChI=1S/C14H24O2/c1-4-5-6-7-8-9-12(2)10-13(3)11-14(15)16/h9-10H,4-8,11H2,1-3H3,(H,15,16). The van der Waals surface area contributed by atoms with Crippen molar-refractivity contribution in [2.24, 2.45) is 0 Å². The van der Waals surface area contributed by atoms with Gasteiger partial charge in [0.15, 0.2) is 0 Å². The maximum Gasteiger partial charge on any atom is 0.307 e. The third-order valence-electron chi connectivity index (χ3n) is 2.43. The molecule has 0 bridgehead atoms. The van der Waals surface area contributed by atoms with Gasteiger partial charge in [0.2, 0.25) is 0 Å². The van der Waals surface area contributed by atoms with Gasteiger partial charge in [-0.1, -0.05) is 49.5 Å². The predicted octanol–water partition coefficient (Wildman–Crippen LogP) is 4.32. The molecule has 0 radical (unpaired) electrons. The van der Waals surface area contributed by atoms with Crippen LogP contribution < -0.4 is 0 Å². The first kappa shape index (κ1) is 14.9. The summed E-state index contributed by atoms with van der Waals surface area (Å²) in [5.41, 5.74) is 2.09. The van der Waals surface area contributed by atoms with E-state index in [0.29, 0.717) is 0 Å². The summed E-state index contributed by atoms with van der Waals surface area (Å²) in [6.45, 7) is 6.10. The summed E-state index contributed by atoms with van der Waals surface area (Å²) in [7, 11) is 0. The van der Waals surface area contributed by atoms with Crippen molar-refractivity contribution in [2.75, 3.05) is 0 Å². The fourth-order valence-electron chi connectivity index (χ4n) is 1.64. The molecule has 0 fully saturated rings. The first-order chi connectivity index (χ1) is 7.56. The van der Waals surface area contributed by atoms with Gasteiger partial charge in [-0.25, -0.2) is 0 Å². The Hall–Kier alpha value is -1.05. The highest BCUT2D eigenvalue weighted by Crippen LogP contribution is 2.09. The molecule has 0 atom stereocenters. The number of hydrogen-bond donors (Lipinski definition) is 1. The highest BCUT2D eigenvalue weighted by Gasteiger charge is 1.97. The van der Waals surface area contributed by atoms with E-state index < -0.39 is 5.97 Å². The lowest BCUT2D eigenvalue weighted by molar-refractivity contribution is -0.136. The summed E-state index contributed by atoms with van der Waals surface area (Å²) < 4.78 is 0. The van der Waals surface area contributed by atoms with E-state index in [9.17, 15) is 4.79 Å². The van der Waals surface area contributed by atoms with Gasteiger partial charge in [-0.2, -0.15) is 0 Å². The van der Waals surface area contributed by atoms with E-state index in [1.54, 1.807) is 0 Å². The van der Waals surface area contributed by atoms with Crippen molar-refractivity contribution in [3.8, 4) is 0 Å². The fraction of sp³-hybridized carbons (Fsp3) is 0.643. The molecule has 0 saturated carbocycles. The Bertz CT molecular complexity index is 262. The second-order valence-corrected chi connectivity index (χ2v) is 4.36. The summed E-state index contributed by atoms with van der Waals surface area (Å²) in [6.07, 6.45) is 10.5. The van der Waals surface area contributed by atoms with Crippen LogP contribution in [0.15, 0.2) is 23.3 Å². The number of hydrogen-bond acceptors (Lipinski definition) is 1. The molecule has 0 aliphatic carbocycles. The first-order valence-corrected chi connectivity index (χ1v) is 6.12. The molecule has 0 heterocycles. The SMILES string of the molecule is CCCCCCC=C(C)C=C(C)CC(=O)O. The molecule has 0 aromatic carbocycles. The number of carboxylic acids is 1. The lowest BCUT2D eigenvalue weighted by Gasteiger charge is -1.99. The second-order valence-electron chi connectivity index (χ2n) is 4.36. The lowest BCUT2D eigenvalue weighted by Crippen LogP contribution is -1.94. The molecular weight excluding hydrogens is 200 g/mol. The molecule has 16 heavy (non-hydrogen) atoms. The van der Waals surface area contributed by atoms with Gasteiger partial charge in [-0.15, -0.1) is 0 Å². The second kappa shape index (κ2) is 9.20. The number of carboxylic acid groups (broad SMARTS) is 1. The van der Waals surface area contributed by atoms with Gasteiger partial charge in [0, 0.05) is 0 Å². The minimum Gasteiger partial charge on any atom is -0.481 e. The summed E-state index contributed by atoms with van der Waals surface area (Å²) >= 11 is 0. The number of rotatable bonds is 8. The van der Waals surface area contributed by atoms with Gasteiger partial charge in [-0.3, -0.25) is 4.79 Å². The van der Waals surface area contributed by atoms with E-state index in [4.69, 9.17) is 5.11 Å². The van der Waals surface area contributed by atoms with E-state index in [1.807, 2.05) is 19.9 Å². The third kappa shape index (κ3) is 9.50. The van der Waals surface area contributed by atoms with Gasteiger partial charge in [-0.05, 0) is 26.7 Å². The Labute approximate surface area is 99.1 Å². The summed E-state index contributed by atoms with van der Waals surface area (Å²) in [5, 5.41) is 8.61. The van der Waals surface area contributed by atoms with Crippen LogP contribution in [0.25, 0.3) is 0 Å². The summed E-state index contributed by atoms with van der Waals surface area (Å²) in [5.74, 6) is -0.760. The minimum absolute atomic E-state index is 0.140. The number of unbranched alkanes of at least 4 members (excludes halogenated alkanes) is 4. The molecule has 1 N–H and O–H groups in total. The van der Waals surface area contributed by atoms with E-state index >= 15 is 0 Å². The van der Waals surface area contributed by atoms with Crippen molar-refractivity contribution in [3.05, 3.63) is 23.3 Å². The largest absolute Gasteiger partial charge is 0.481 e. The molecule has 0 aromatic heterocycles. The molecule has 92 valence electrons. The van der Waals surface area contributed by atoms with Crippen molar-refractivity contribution in [3.63, 3.8) is 0 Å². The van der Waals surface area contributed by atoms with Crippen LogP contribution in [0.4, 0.5) is 0 Å². The Balaban J connectivity index is 3.89. The van der Waals surface area contributed by atoms with Gasteiger partial charge in [0.25, 0.3) is 0 Å². The van der Waals surface area contributed by atoms with E-state index in [1.165, 1.54) is 31.3 Å². The van der Waals surface area contributed by atoms with Gasteiger partial charge < -0.3 is 5.11 Å². The molecule has 0 aromatic rings. The van der Waals surface area contributed by atoms with Crippen LogP contribution in [0.1, 0.15) is 59.3 Å². The van der Waals surface area contributed by atoms with Gasteiger partial charge in [0.05, 0.1) is 6.42 Å². The van der Waals surface area contributed by atoms with Crippen molar-refractivity contribution < 1.29 is 9.90 Å². The van der Waals surface area contributed by atoms with Crippen LogP contribution in [0, 0.1) is 0 Å². The maximum atomic E-state index is 10.5. The number of allylic oxidation sites excluding steroid dienone is 3. The Kier molecular flexibility index (Phi) is 8.59. The normalized spacial score (nSPS) is 12.9. The van der Waals surface area contributed by atoms with Crippen LogP contribution in [-0.2, 0) is 4.79 Å². The van der Waals surface area contributed by atoms with Crippen LogP contribution in [-0.4, -0.2) is 11.1 Å². The van der Waals surface area contributed by atoms with Crippen molar-refractivity contribution in [1.82, 2.24) is 0 Å². The smallest absolute Gasteiger partial charge is 0.307 e. The van der Waals surface area contributed by atoms with Crippen LogP contribution in [0.2, 0.25) is 0 Å². The number of carbonyl (C=O) groups is 1. The summed E-state index contributed by atoms with van der Waals surface area (Å²) in [6, 6.07) is 0. The van der Waals surface area contributed by atoms with Crippen LogP contribution in [0.5, 0.6) is 0 Å². The van der Waals surface area contributed by atoms with Crippen molar-refractivity contribution >= 4 is 5.97 Å². The van der Waals surface area contributed by atoms with Crippen LogP contribution in [0.3, 0.4) is 0 Å². The highest BCUT2D eigenvalue weighted by atomic mass is 16.4.